The van der Waals surface area contributed by atoms with Crippen LogP contribution in [0.1, 0.15) is 30.5 Å². The topological polar surface area (TPSA) is 119 Å². The molecule has 0 spiro atoms. The van der Waals surface area contributed by atoms with Crippen molar-refractivity contribution in [3.63, 3.8) is 0 Å². The number of halogens is 1. The zero-order valence-corrected chi connectivity index (χ0v) is 20.8. The van der Waals surface area contributed by atoms with Crippen LogP contribution in [0.4, 0.5) is 4.39 Å². The number of carbonyl (C=O) groups excluding carboxylic acids is 1. The molecule has 0 aliphatic carbocycles. The normalized spacial score (nSPS) is 12.9. The van der Waals surface area contributed by atoms with Gasteiger partial charge in [-0.1, -0.05) is 6.08 Å². The van der Waals surface area contributed by atoms with Gasteiger partial charge in [0.25, 0.3) is 0 Å². The Balaban J connectivity index is 1.74. The predicted octanol–water partition coefficient (Wildman–Crippen LogP) is 3.19. The zero-order chi connectivity index (χ0) is 25.9. The summed E-state index contributed by atoms with van der Waals surface area (Å²) in [7, 11) is -1.99. The number of nitrogens with zero attached hydrogens (tertiary/aromatic N) is 4. The molecule has 0 aliphatic heterocycles. The molecule has 3 heterocycles. The Bertz CT molecular complexity index is 1550. The summed E-state index contributed by atoms with van der Waals surface area (Å²) in [5, 5.41) is 11.2. The molecule has 0 bridgehead atoms. The summed E-state index contributed by atoms with van der Waals surface area (Å²) in [4.78, 5) is 20.7. The zero-order valence-electron chi connectivity index (χ0n) is 19.9. The fourth-order valence-electron chi connectivity index (χ4n) is 3.83. The van der Waals surface area contributed by atoms with Gasteiger partial charge in [-0.3, -0.25) is 9.78 Å². The van der Waals surface area contributed by atoms with Crippen LogP contribution in [0, 0.1) is 5.82 Å². The Morgan fingerprint density at radius 2 is 1.92 bits per heavy atom. The molecule has 11 heteroatoms. The van der Waals surface area contributed by atoms with Crippen molar-refractivity contribution in [2.75, 3.05) is 13.3 Å². The van der Waals surface area contributed by atoms with Crippen molar-refractivity contribution in [1.82, 2.24) is 30.4 Å². The van der Waals surface area contributed by atoms with E-state index in [4.69, 9.17) is 0 Å². The van der Waals surface area contributed by atoms with Crippen LogP contribution in [0.5, 0.6) is 0 Å². The summed E-state index contributed by atoms with van der Waals surface area (Å²) < 4.78 is 39.2. The van der Waals surface area contributed by atoms with Gasteiger partial charge in [-0.15, -0.1) is 0 Å². The average Bonchev–Trinajstić information content (AvgIpc) is 3.31. The van der Waals surface area contributed by atoms with Crippen molar-refractivity contribution in [2.45, 2.75) is 24.4 Å². The number of aromatic nitrogens is 4. The molecule has 0 saturated heterocycles. The third-order valence-electron chi connectivity index (χ3n) is 5.69. The van der Waals surface area contributed by atoms with Gasteiger partial charge < -0.3 is 10.6 Å². The number of allylic oxidation sites excluding steroid dienone is 1. The largest absolute Gasteiger partial charge is 0.377 e. The second-order valence-corrected chi connectivity index (χ2v) is 10.1. The van der Waals surface area contributed by atoms with Crippen molar-refractivity contribution < 1.29 is 17.6 Å². The van der Waals surface area contributed by atoms with Crippen molar-refractivity contribution in [1.29, 1.82) is 0 Å². The van der Waals surface area contributed by atoms with Crippen molar-refractivity contribution in [3.8, 4) is 5.69 Å². The number of sulfone groups is 1. The minimum atomic E-state index is -3.53. The molecule has 0 fully saturated rings. The molecule has 1 unspecified atom stereocenters. The lowest BCUT2D eigenvalue weighted by Gasteiger charge is -2.22. The second-order valence-electron chi connectivity index (χ2n) is 8.13. The number of hydrogen-bond donors (Lipinski definition) is 2. The predicted molar refractivity (Wildman–Crippen MR) is 134 cm³/mol. The quantitative estimate of drug-likeness (QED) is 0.375. The van der Waals surface area contributed by atoms with Crippen LogP contribution in [0.15, 0.2) is 72.3 Å². The van der Waals surface area contributed by atoms with E-state index in [-0.39, 0.29) is 23.2 Å². The Morgan fingerprint density at radius 3 is 2.58 bits per heavy atom. The van der Waals surface area contributed by atoms with Crippen molar-refractivity contribution in [3.05, 3.63) is 84.2 Å². The lowest BCUT2D eigenvalue weighted by molar-refractivity contribution is -0.121. The van der Waals surface area contributed by atoms with Crippen LogP contribution < -0.4 is 10.6 Å². The van der Waals surface area contributed by atoms with Crippen LogP contribution in [0.3, 0.4) is 0 Å². The number of benzene rings is 1. The third-order valence-corrected chi connectivity index (χ3v) is 6.67. The minimum Gasteiger partial charge on any atom is -0.377 e. The molecule has 3 aromatic heterocycles. The maximum Gasteiger partial charge on any atom is 0.222 e. The highest BCUT2D eigenvalue weighted by atomic mass is 32.2. The van der Waals surface area contributed by atoms with Crippen LogP contribution in [-0.4, -0.2) is 47.4 Å². The van der Waals surface area contributed by atoms with E-state index in [2.05, 4.69) is 25.7 Å². The van der Waals surface area contributed by atoms with E-state index in [1.54, 1.807) is 48.5 Å². The summed E-state index contributed by atoms with van der Waals surface area (Å²) in [5.41, 5.74) is 3.41. The fourth-order valence-corrected chi connectivity index (χ4v) is 4.44. The number of fused-ring (bicyclic) bond motifs is 1. The first-order valence-electron chi connectivity index (χ1n) is 11.1. The molecule has 1 atom stereocenters. The first-order chi connectivity index (χ1) is 17.2. The van der Waals surface area contributed by atoms with E-state index < -0.39 is 15.9 Å². The van der Waals surface area contributed by atoms with Crippen LogP contribution in [0.25, 0.3) is 22.3 Å². The smallest absolute Gasteiger partial charge is 0.222 e. The molecule has 186 valence electrons. The van der Waals surface area contributed by atoms with E-state index in [0.717, 1.165) is 17.2 Å². The first-order valence-corrected chi connectivity index (χ1v) is 13.0. The van der Waals surface area contributed by atoms with E-state index in [0.29, 0.717) is 22.5 Å². The lowest BCUT2D eigenvalue weighted by Crippen LogP contribution is -2.28. The molecule has 0 aliphatic rings. The number of amides is 1. The summed E-state index contributed by atoms with van der Waals surface area (Å²) in [6.07, 6.45) is 9.46. The molecule has 1 aromatic carbocycles. The molecule has 1 amide bonds. The first kappa shape index (κ1) is 25.0. The highest BCUT2D eigenvalue weighted by molar-refractivity contribution is 7.90. The van der Waals surface area contributed by atoms with E-state index in [9.17, 15) is 17.6 Å². The van der Waals surface area contributed by atoms with Crippen molar-refractivity contribution >= 4 is 32.3 Å². The standard InChI is InChI=1S/C25H25FN6O3S/c1-4-21(31-22(12-24(33)27-2)16-9-10-29-25(11-16)36(3,34)35)19-13-28-15-23-20(19)14-30-32(23)18-7-5-17(26)6-8-18/h4-11,13-15,22,31H,12H2,1-3H3,(H,27,33). The highest BCUT2D eigenvalue weighted by Crippen LogP contribution is 2.28. The number of rotatable bonds is 8. The van der Waals surface area contributed by atoms with E-state index >= 15 is 0 Å². The van der Waals surface area contributed by atoms with Gasteiger partial charge in [0.2, 0.25) is 5.91 Å². The summed E-state index contributed by atoms with van der Waals surface area (Å²) in [6.45, 7) is 1.84. The molecule has 36 heavy (non-hydrogen) atoms. The summed E-state index contributed by atoms with van der Waals surface area (Å²) in [6, 6.07) is 8.57. The summed E-state index contributed by atoms with van der Waals surface area (Å²) in [5.74, 6) is -0.562. The number of pyridine rings is 2. The van der Waals surface area contributed by atoms with Gasteiger partial charge in [0.1, 0.15) is 5.82 Å². The fraction of sp³-hybridized carbons (Fsp3) is 0.200. The maximum absolute atomic E-state index is 13.4. The van der Waals surface area contributed by atoms with Crippen LogP contribution >= 0.6 is 0 Å². The highest BCUT2D eigenvalue weighted by Gasteiger charge is 2.21. The average molecular weight is 509 g/mol. The van der Waals surface area contributed by atoms with Gasteiger partial charge in [-0.25, -0.2) is 22.5 Å². The van der Waals surface area contributed by atoms with Gasteiger partial charge in [0.15, 0.2) is 14.9 Å². The van der Waals surface area contributed by atoms with Gasteiger partial charge in [-0.2, -0.15) is 5.10 Å². The van der Waals surface area contributed by atoms with E-state index in [1.807, 2.05) is 13.0 Å². The Kier molecular flexibility index (Phi) is 7.11. The molecule has 2 N–H and O–H groups in total. The Labute approximate surface area is 208 Å². The number of nitrogens with one attached hydrogen (secondary N) is 2. The van der Waals surface area contributed by atoms with Crippen molar-refractivity contribution in [2.24, 2.45) is 0 Å². The van der Waals surface area contributed by atoms with Gasteiger partial charge in [-0.05, 0) is 48.9 Å². The van der Waals surface area contributed by atoms with Gasteiger partial charge in [0.05, 0.1) is 36.1 Å². The lowest BCUT2D eigenvalue weighted by atomic mass is 10.0. The Morgan fingerprint density at radius 1 is 1.17 bits per heavy atom. The molecular formula is C25H25FN6O3S. The van der Waals surface area contributed by atoms with E-state index in [1.165, 1.54) is 24.4 Å². The maximum atomic E-state index is 13.4. The SMILES string of the molecule is CC=C(NC(CC(=O)NC)c1ccnc(S(C)(=O)=O)c1)c1cncc2c1cnn2-c1ccc(F)cc1. The molecule has 4 rings (SSSR count). The second kappa shape index (κ2) is 10.2. The minimum absolute atomic E-state index is 0.0549. The summed E-state index contributed by atoms with van der Waals surface area (Å²) >= 11 is 0. The van der Waals surface area contributed by atoms with Gasteiger partial charge in [0, 0.05) is 42.3 Å². The molecule has 0 radical (unpaired) electrons. The van der Waals surface area contributed by atoms with Gasteiger partial charge >= 0.3 is 0 Å². The number of hydrogen-bond acceptors (Lipinski definition) is 7. The van der Waals surface area contributed by atoms with Crippen LogP contribution in [-0.2, 0) is 14.6 Å². The molecule has 9 nitrogen and oxygen atoms in total. The number of carbonyl (C=O) groups is 1. The van der Waals surface area contributed by atoms with Crippen LogP contribution in [0.2, 0.25) is 0 Å². The Hall–Kier alpha value is -4.12. The molecule has 4 aromatic rings. The molecular weight excluding hydrogens is 483 g/mol. The third kappa shape index (κ3) is 5.25. The monoisotopic (exact) mass is 508 g/mol. The molecule has 0 saturated carbocycles.